The van der Waals surface area contributed by atoms with Crippen LogP contribution in [0.15, 0.2) is 35.2 Å². The van der Waals surface area contributed by atoms with Crippen molar-refractivity contribution in [3.63, 3.8) is 0 Å². The largest absolute Gasteiger partial charge is 0.492 e. The SMILES string of the molecule is CCN1CCC[C@H]1C(=O)NCc1cc(F)ccc1S(=O)(=O)Nc1ccc2c(c1C(=O)O)OC[C@H]1C[C@@H]21. The first kappa shape index (κ1) is 24.5. The molecule has 0 spiro atoms. The number of benzene rings is 2. The number of amides is 1. The van der Waals surface area contributed by atoms with E-state index in [1.807, 2.05) is 11.8 Å². The van der Waals surface area contributed by atoms with Gasteiger partial charge in [-0.3, -0.25) is 14.4 Å². The van der Waals surface area contributed by atoms with Crippen LogP contribution in [0.3, 0.4) is 0 Å². The highest BCUT2D eigenvalue weighted by molar-refractivity contribution is 7.92. The number of carbonyl (C=O) groups excluding carboxylic acids is 1. The van der Waals surface area contributed by atoms with Crippen molar-refractivity contribution in [2.45, 2.75) is 49.6 Å². The summed E-state index contributed by atoms with van der Waals surface area (Å²) in [5.41, 5.74) is 0.442. The van der Waals surface area contributed by atoms with E-state index in [-0.39, 0.29) is 51.9 Å². The lowest BCUT2D eigenvalue weighted by atomic mass is 10.0. The molecule has 9 nitrogen and oxygen atoms in total. The number of halogens is 1. The molecule has 0 unspecified atom stereocenters. The van der Waals surface area contributed by atoms with Gasteiger partial charge in [0.25, 0.3) is 10.0 Å². The number of carboxylic acid groups (broad SMARTS) is 1. The third-order valence-electron chi connectivity index (χ3n) is 7.25. The quantitative estimate of drug-likeness (QED) is 0.492. The minimum atomic E-state index is -4.33. The van der Waals surface area contributed by atoms with Crippen molar-refractivity contribution in [2.24, 2.45) is 5.92 Å². The fourth-order valence-corrected chi connectivity index (χ4v) is 6.59. The highest BCUT2D eigenvalue weighted by atomic mass is 32.2. The predicted molar refractivity (Wildman–Crippen MR) is 129 cm³/mol. The van der Waals surface area contributed by atoms with E-state index in [9.17, 15) is 27.5 Å². The second-order valence-corrected chi connectivity index (χ2v) is 11.1. The van der Waals surface area contributed by atoms with Crippen molar-refractivity contribution in [3.05, 3.63) is 52.8 Å². The third-order valence-corrected chi connectivity index (χ3v) is 8.71. The number of hydrogen-bond donors (Lipinski definition) is 3. The van der Waals surface area contributed by atoms with E-state index in [0.29, 0.717) is 18.9 Å². The number of nitrogens with zero attached hydrogens (tertiary/aromatic N) is 1. The highest BCUT2D eigenvalue weighted by Crippen LogP contribution is 2.55. The zero-order valence-corrected chi connectivity index (χ0v) is 20.6. The average molecular weight is 518 g/mol. The van der Waals surface area contributed by atoms with Gasteiger partial charge in [-0.2, -0.15) is 0 Å². The Morgan fingerprint density at radius 3 is 2.81 bits per heavy atom. The summed E-state index contributed by atoms with van der Waals surface area (Å²) in [5.74, 6) is -1.42. The van der Waals surface area contributed by atoms with Gasteiger partial charge in [0.1, 0.15) is 17.1 Å². The van der Waals surface area contributed by atoms with Gasteiger partial charge in [-0.15, -0.1) is 0 Å². The normalized spacial score (nSPS) is 22.8. The van der Waals surface area contributed by atoms with Crippen LogP contribution in [0.2, 0.25) is 0 Å². The van der Waals surface area contributed by atoms with E-state index in [1.54, 1.807) is 6.07 Å². The molecule has 2 heterocycles. The zero-order chi connectivity index (χ0) is 25.6. The lowest BCUT2D eigenvalue weighted by Gasteiger charge is -2.22. The molecule has 3 aliphatic rings. The summed E-state index contributed by atoms with van der Waals surface area (Å²) >= 11 is 0. The minimum Gasteiger partial charge on any atom is -0.492 e. The third kappa shape index (κ3) is 4.53. The van der Waals surface area contributed by atoms with Crippen LogP contribution in [0.5, 0.6) is 5.75 Å². The molecule has 0 bridgehead atoms. The summed E-state index contributed by atoms with van der Waals surface area (Å²) in [6, 6.07) is 5.99. The molecule has 2 fully saturated rings. The number of likely N-dealkylation sites (N-methyl/N-ethyl adjacent to an activating group) is 1. The molecule has 0 radical (unpaired) electrons. The molecular formula is C25H28FN3O6S. The number of anilines is 1. The lowest BCUT2D eigenvalue weighted by Crippen LogP contribution is -2.43. The second kappa shape index (κ2) is 9.36. The first-order chi connectivity index (χ1) is 17.2. The van der Waals surface area contributed by atoms with Crippen molar-refractivity contribution in [3.8, 4) is 5.75 Å². The Labute approximate surface area is 208 Å². The molecule has 192 valence electrons. The van der Waals surface area contributed by atoms with Crippen LogP contribution in [-0.4, -0.2) is 56.0 Å². The van der Waals surface area contributed by atoms with E-state index in [2.05, 4.69) is 10.0 Å². The summed E-state index contributed by atoms with van der Waals surface area (Å²) in [4.78, 5) is 26.6. The number of likely N-dealkylation sites (tertiary alicyclic amines) is 1. The number of carbonyl (C=O) groups is 2. The van der Waals surface area contributed by atoms with Crippen LogP contribution in [0, 0.1) is 11.7 Å². The predicted octanol–water partition coefficient (Wildman–Crippen LogP) is 2.92. The molecule has 5 rings (SSSR count). The molecule has 1 amide bonds. The zero-order valence-electron chi connectivity index (χ0n) is 19.8. The van der Waals surface area contributed by atoms with Gasteiger partial charge in [0.05, 0.1) is 23.2 Å². The average Bonchev–Trinajstić information content (AvgIpc) is 3.48. The number of rotatable bonds is 8. The summed E-state index contributed by atoms with van der Waals surface area (Å²) in [6.07, 6.45) is 2.52. The van der Waals surface area contributed by atoms with Gasteiger partial charge in [0, 0.05) is 12.5 Å². The maximum atomic E-state index is 14.1. The van der Waals surface area contributed by atoms with Gasteiger partial charge >= 0.3 is 5.97 Å². The molecule has 2 aromatic rings. The Morgan fingerprint density at radius 1 is 1.25 bits per heavy atom. The maximum Gasteiger partial charge on any atom is 0.341 e. The van der Waals surface area contributed by atoms with Crippen molar-refractivity contribution >= 4 is 27.6 Å². The fraction of sp³-hybridized carbons (Fsp3) is 0.440. The molecule has 1 saturated carbocycles. The Morgan fingerprint density at radius 2 is 2.06 bits per heavy atom. The summed E-state index contributed by atoms with van der Waals surface area (Å²) in [7, 11) is -4.33. The topological polar surface area (TPSA) is 125 Å². The van der Waals surface area contributed by atoms with E-state index in [4.69, 9.17) is 4.74 Å². The van der Waals surface area contributed by atoms with Crippen molar-refractivity contribution in [1.82, 2.24) is 10.2 Å². The number of hydrogen-bond acceptors (Lipinski definition) is 6. The summed E-state index contributed by atoms with van der Waals surface area (Å²) in [6.45, 7) is 3.71. The van der Waals surface area contributed by atoms with Gasteiger partial charge in [-0.1, -0.05) is 13.0 Å². The number of fused-ring (bicyclic) bond motifs is 3. The minimum absolute atomic E-state index is 0.0591. The van der Waals surface area contributed by atoms with Crippen molar-refractivity contribution < 1.29 is 32.2 Å². The standard InChI is InChI=1S/C25H28FN3O6S/c1-2-29-9-3-4-20(29)24(30)27-12-14-10-16(26)5-8-21(14)36(33,34)28-19-7-6-17-18-11-15(18)13-35-23(17)22(19)25(31)32/h5-8,10,15,18,20,28H,2-4,9,11-13H2,1H3,(H,27,30)(H,31,32)/t15-,18-,20+/m1/s1. The smallest absolute Gasteiger partial charge is 0.341 e. The Bertz CT molecular complexity index is 1330. The number of sulfonamides is 1. The fourth-order valence-electron chi connectivity index (χ4n) is 5.30. The number of ether oxygens (including phenoxy) is 1. The van der Waals surface area contributed by atoms with Crippen LogP contribution in [0.4, 0.5) is 10.1 Å². The van der Waals surface area contributed by atoms with Crippen LogP contribution in [0.1, 0.15) is 53.6 Å². The van der Waals surface area contributed by atoms with E-state index in [0.717, 1.165) is 49.7 Å². The number of nitrogens with one attached hydrogen (secondary N) is 2. The first-order valence-corrected chi connectivity index (χ1v) is 13.5. The number of carboxylic acids is 1. The second-order valence-electron chi connectivity index (χ2n) is 9.49. The lowest BCUT2D eigenvalue weighted by molar-refractivity contribution is -0.125. The van der Waals surface area contributed by atoms with Crippen molar-refractivity contribution in [1.29, 1.82) is 0 Å². The van der Waals surface area contributed by atoms with Gasteiger partial charge in [-0.05, 0) is 73.7 Å². The Kier molecular flexibility index (Phi) is 6.37. The van der Waals surface area contributed by atoms with E-state index < -0.39 is 21.8 Å². The molecule has 2 aromatic carbocycles. The van der Waals surface area contributed by atoms with Gasteiger partial charge < -0.3 is 15.2 Å². The molecule has 1 aliphatic carbocycles. The van der Waals surface area contributed by atoms with Gasteiger partial charge in [0.2, 0.25) is 5.91 Å². The Balaban J connectivity index is 1.41. The van der Waals surface area contributed by atoms with E-state index >= 15 is 0 Å². The summed E-state index contributed by atoms with van der Waals surface area (Å²) < 4.78 is 48.8. The van der Waals surface area contributed by atoms with Crippen molar-refractivity contribution in [2.75, 3.05) is 24.4 Å². The molecule has 11 heteroatoms. The van der Waals surface area contributed by atoms with Crippen LogP contribution in [0.25, 0.3) is 0 Å². The van der Waals surface area contributed by atoms with Crippen LogP contribution < -0.4 is 14.8 Å². The van der Waals surface area contributed by atoms with Crippen LogP contribution >= 0.6 is 0 Å². The number of aromatic carboxylic acids is 1. The summed E-state index contributed by atoms with van der Waals surface area (Å²) in [5, 5.41) is 12.6. The highest BCUT2D eigenvalue weighted by Gasteiger charge is 2.45. The Hall–Kier alpha value is -3.18. The first-order valence-electron chi connectivity index (χ1n) is 12.1. The van der Waals surface area contributed by atoms with E-state index in [1.165, 1.54) is 6.07 Å². The maximum absolute atomic E-state index is 14.1. The van der Waals surface area contributed by atoms with Gasteiger partial charge in [0.15, 0.2) is 0 Å². The van der Waals surface area contributed by atoms with Crippen LogP contribution in [-0.2, 0) is 21.4 Å². The molecule has 1 saturated heterocycles. The molecular weight excluding hydrogens is 489 g/mol. The molecule has 36 heavy (non-hydrogen) atoms. The monoisotopic (exact) mass is 517 g/mol. The molecule has 0 aromatic heterocycles. The molecule has 3 atom stereocenters. The molecule has 3 N–H and O–H groups in total. The van der Waals surface area contributed by atoms with Gasteiger partial charge in [-0.25, -0.2) is 17.6 Å². The molecule has 2 aliphatic heterocycles.